The van der Waals surface area contributed by atoms with Gasteiger partial charge in [-0.05, 0) is 72.6 Å². The summed E-state index contributed by atoms with van der Waals surface area (Å²) in [5.74, 6) is 0. The quantitative estimate of drug-likeness (QED) is 0.470. The third-order valence-corrected chi connectivity index (χ3v) is 5.09. The van der Waals surface area contributed by atoms with E-state index >= 15 is 0 Å². The number of benzene rings is 2. The second-order valence-corrected chi connectivity index (χ2v) is 10.8. The van der Waals surface area contributed by atoms with Crippen LogP contribution in [0.2, 0.25) is 0 Å². The van der Waals surface area contributed by atoms with Gasteiger partial charge >= 0.3 is 12.2 Å². The van der Waals surface area contributed by atoms with Gasteiger partial charge in [0.05, 0.1) is 22.9 Å². The molecule has 0 saturated carbocycles. The maximum Gasteiger partial charge on any atom is 0.435 e. The maximum absolute atomic E-state index is 12.5. The molecule has 0 radical (unpaired) electrons. The second-order valence-electron chi connectivity index (χ2n) is 10.8. The Hall–Kier alpha value is -3.55. The molecule has 2 aromatic carbocycles. The summed E-state index contributed by atoms with van der Waals surface area (Å²) in [4.78, 5) is 24.7. The summed E-state index contributed by atoms with van der Waals surface area (Å²) < 4.78 is 12.0. The standard InChI is InChI=1S/C26H34N4O4/c1-24(2,3)33-22(31)29-26(7,8)17-11-9-16(10-12-17)18-13-14-20-19(21(18)27)15-28-30(20)23(32)34-25(4,5)6/h9-15H,27H2,1-8H3,(H,29,31). The summed E-state index contributed by atoms with van der Waals surface area (Å²) in [6.45, 7) is 14.7. The Kier molecular flexibility index (Phi) is 6.39. The predicted octanol–water partition coefficient (Wildman–Crippen LogP) is 5.83. The number of carbonyl (C=O) groups is 2. The van der Waals surface area contributed by atoms with Crippen molar-refractivity contribution in [3.63, 3.8) is 0 Å². The van der Waals surface area contributed by atoms with Gasteiger partial charge in [-0.1, -0.05) is 30.3 Å². The van der Waals surface area contributed by atoms with Crippen LogP contribution in [0.15, 0.2) is 42.6 Å². The Morgan fingerprint density at radius 1 is 0.882 bits per heavy atom. The van der Waals surface area contributed by atoms with Gasteiger partial charge < -0.3 is 20.5 Å². The Morgan fingerprint density at radius 3 is 2.03 bits per heavy atom. The molecule has 0 fully saturated rings. The molecule has 1 aromatic heterocycles. The topological polar surface area (TPSA) is 108 Å². The predicted molar refractivity (Wildman–Crippen MR) is 134 cm³/mol. The van der Waals surface area contributed by atoms with Crippen LogP contribution in [0.5, 0.6) is 0 Å². The second kappa shape index (κ2) is 8.66. The zero-order valence-corrected chi connectivity index (χ0v) is 21.1. The number of carbonyl (C=O) groups excluding carboxylic acids is 2. The summed E-state index contributed by atoms with van der Waals surface area (Å²) in [6, 6.07) is 11.5. The first-order valence-corrected chi connectivity index (χ1v) is 11.2. The van der Waals surface area contributed by atoms with Crippen LogP contribution >= 0.6 is 0 Å². The number of nitrogen functional groups attached to an aromatic ring is 1. The highest BCUT2D eigenvalue weighted by molar-refractivity contribution is 6.01. The Balaban J connectivity index is 1.86. The summed E-state index contributed by atoms with van der Waals surface area (Å²) in [5.41, 5.74) is 8.36. The fourth-order valence-corrected chi connectivity index (χ4v) is 3.52. The minimum Gasteiger partial charge on any atom is -0.444 e. The number of fused-ring (bicyclic) bond motifs is 1. The number of nitrogens with two attached hydrogens (primary N) is 1. The highest BCUT2D eigenvalue weighted by Crippen LogP contribution is 2.34. The smallest absolute Gasteiger partial charge is 0.435 e. The number of alkyl carbamates (subject to hydrolysis) is 1. The number of nitrogens with one attached hydrogen (secondary N) is 1. The maximum atomic E-state index is 12.5. The van der Waals surface area contributed by atoms with Crippen molar-refractivity contribution in [3.8, 4) is 11.1 Å². The first kappa shape index (κ1) is 25.1. The van der Waals surface area contributed by atoms with Crippen molar-refractivity contribution in [2.75, 3.05) is 5.73 Å². The number of aromatic nitrogens is 2. The molecule has 1 amide bonds. The third-order valence-electron chi connectivity index (χ3n) is 5.09. The summed E-state index contributed by atoms with van der Waals surface area (Å²) in [6.07, 6.45) is 0.539. The van der Waals surface area contributed by atoms with Crippen molar-refractivity contribution >= 4 is 28.8 Å². The number of ether oxygens (including phenoxy) is 2. The summed E-state index contributed by atoms with van der Waals surface area (Å²) in [5, 5.41) is 7.76. The first-order valence-electron chi connectivity index (χ1n) is 11.2. The number of amides is 1. The average Bonchev–Trinajstić information content (AvgIpc) is 3.10. The molecule has 0 spiro atoms. The highest BCUT2D eigenvalue weighted by atomic mass is 16.6. The van der Waals surface area contributed by atoms with Crippen LogP contribution in [0.4, 0.5) is 15.3 Å². The molecule has 1 heterocycles. The molecule has 3 rings (SSSR count). The van der Waals surface area contributed by atoms with E-state index in [4.69, 9.17) is 15.2 Å². The molecular formula is C26H34N4O4. The normalized spacial score (nSPS) is 12.5. The molecule has 0 bridgehead atoms. The lowest BCUT2D eigenvalue weighted by atomic mass is 9.92. The van der Waals surface area contributed by atoms with Gasteiger partial charge in [0.1, 0.15) is 11.2 Å². The lowest BCUT2D eigenvalue weighted by Crippen LogP contribution is -2.43. The molecule has 8 heteroatoms. The van der Waals surface area contributed by atoms with E-state index in [0.717, 1.165) is 16.7 Å². The molecule has 34 heavy (non-hydrogen) atoms. The van der Waals surface area contributed by atoms with Crippen LogP contribution in [-0.2, 0) is 15.0 Å². The largest absolute Gasteiger partial charge is 0.444 e. The van der Waals surface area contributed by atoms with Gasteiger partial charge in [-0.25, -0.2) is 9.59 Å². The van der Waals surface area contributed by atoms with E-state index in [0.29, 0.717) is 16.6 Å². The summed E-state index contributed by atoms with van der Waals surface area (Å²) >= 11 is 0. The van der Waals surface area contributed by atoms with Gasteiger partial charge in [-0.2, -0.15) is 9.78 Å². The molecule has 3 aromatic rings. The zero-order chi connectivity index (χ0) is 25.5. The molecule has 0 unspecified atom stereocenters. The molecule has 0 aliphatic carbocycles. The van der Waals surface area contributed by atoms with Crippen LogP contribution in [0.1, 0.15) is 61.0 Å². The number of hydrogen-bond donors (Lipinski definition) is 2. The Labute approximate surface area is 200 Å². The molecule has 0 atom stereocenters. The monoisotopic (exact) mass is 466 g/mol. The van der Waals surface area contributed by atoms with Crippen molar-refractivity contribution in [1.29, 1.82) is 0 Å². The van der Waals surface area contributed by atoms with E-state index in [1.807, 2.05) is 65.0 Å². The molecule has 0 aliphatic rings. The van der Waals surface area contributed by atoms with Gasteiger partial charge in [0, 0.05) is 10.9 Å². The van der Waals surface area contributed by atoms with Gasteiger partial charge in [0.2, 0.25) is 0 Å². The lowest BCUT2D eigenvalue weighted by molar-refractivity contribution is 0.0468. The van der Waals surface area contributed by atoms with Crippen molar-refractivity contribution in [2.24, 2.45) is 0 Å². The number of nitrogens with zero attached hydrogens (tertiary/aromatic N) is 2. The minimum atomic E-state index is -0.634. The van der Waals surface area contributed by atoms with Crippen LogP contribution in [0, 0.1) is 0 Å². The van der Waals surface area contributed by atoms with Gasteiger partial charge in [-0.15, -0.1) is 0 Å². The SMILES string of the molecule is CC(C)(C)OC(=O)NC(C)(C)c1ccc(-c2ccc3c(cnn3C(=O)OC(C)(C)C)c2N)cc1. The first-order chi connectivity index (χ1) is 15.6. The number of hydrogen-bond acceptors (Lipinski definition) is 6. The molecular weight excluding hydrogens is 432 g/mol. The van der Waals surface area contributed by atoms with Crippen LogP contribution in [0.3, 0.4) is 0 Å². The average molecular weight is 467 g/mol. The van der Waals surface area contributed by atoms with E-state index in [1.54, 1.807) is 33.0 Å². The van der Waals surface area contributed by atoms with E-state index in [-0.39, 0.29) is 0 Å². The van der Waals surface area contributed by atoms with E-state index in [2.05, 4.69) is 10.4 Å². The fourth-order valence-electron chi connectivity index (χ4n) is 3.52. The minimum absolute atomic E-state index is 0.474. The van der Waals surface area contributed by atoms with Crippen molar-refractivity contribution in [1.82, 2.24) is 15.1 Å². The van der Waals surface area contributed by atoms with Crippen LogP contribution in [-0.4, -0.2) is 33.2 Å². The van der Waals surface area contributed by atoms with E-state index in [1.165, 1.54) is 4.68 Å². The fraction of sp³-hybridized carbons (Fsp3) is 0.423. The molecule has 0 saturated heterocycles. The molecule has 3 N–H and O–H groups in total. The van der Waals surface area contributed by atoms with Crippen molar-refractivity contribution in [3.05, 3.63) is 48.2 Å². The number of rotatable bonds is 3. The Bertz CT molecular complexity index is 1210. The van der Waals surface area contributed by atoms with Crippen molar-refractivity contribution in [2.45, 2.75) is 72.1 Å². The van der Waals surface area contributed by atoms with Gasteiger partial charge in [-0.3, -0.25) is 0 Å². The molecule has 182 valence electrons. The molecule has 8 nitrogen and oxygen atoms in total. The zero-order valence-electron chi connectivity index (χ0n) is 21.1. The number of anilines is 1. The summed E-state index contributed by atoms with van der Waals surface area (Å²) in [7, 11) is 0. The van der Waals surface area contributed by atoms with Crippen LogP contribution < -0.4 is 11.1 Å². The van der Waals surface area contributed by atoms with E-state index in [9.17, 15) is 9.59 Å². The van der Waals surface area contributed by atoms with Crippen LogP contribution in [0.25, 0.3) is 22.0 Å². The van der Waals surface area contributed by atoms with Gasteiger partial charge in [0.15, 0.2) is 0 Å². The van der Waals surface area contributed by atoms with E-state index < -0.39 is 28.9 Å². The Morgan fingerprint density at radius 2 is 1.47 bits per heavy atom. The molecule has 0 aliphatic heterocycles. The highest BCUT2D eigenvalue weighted by Gasteiger charge is 2.26. The van der Waals surface area contributed by atoms with Gasteiger partial charge in [0.25, 0.3) is 0 Å². The third kappa shape index (κ3) is 5.68. The van der Waals surface area contributed by atoms with Crippen molar-refractivity contribution < 1.29 is 19.1 Å². The lowest BCUT2D eigenvalue weighted by Gasteiger charge is -2.29.